The summed E-state index contributed by atoms with van der Waals surface area (Å²) in [6.07, 6.45) is -1.09. The normalized spacial score (nSPS) is 11.2. The standard InChI is InChI=1S/C14H14BrF3O2/c1-3-20-9(2)14(17,18)7-6-13(19)11-5-4-10(16)8-12(11)15/h4-5,8H,2-3,6-7H2,1H3. The average Bonchev–Trinajstić information content (AvgIpc) is 2.36. The van der Waals surface area contributed by atoms with E-state index < -0.39 is 29.7 Å². The zero-order valence-corrected chi connectivity index (χ0v) is 12.5. The zero-order chi connectivity index (χ0) is 15.3. The Balaban J connectivity index is 2.70. The van der Waals surface area contributed by atoms with Crippen LogP contribution in [0.2, 0.25) is 0 Å². The lowest BCUT2D eigenvalue weighted by Crippen LogP contribution is -2.22. The monoisotopic (exact) mass is 350 g/mol. The number of hydrogen-bond acceptors (Lipinski definition) is 2. The predicted molar refractivity (Wildman–Crippen MR) is 73.4 cm³/mol. The highest BCUT2D eigenvalue weighted by atomic mass is 79.9. The molecule has 2 nitrogen and oxygen atoms in total. The topological polar surface area (TPSA) is 26.3 Å². The summed E-state index contributed by atoms with van der Waals surface area (Å²) in [5.41, 5.74) is 0.171. The lowest BCUT2D eigenvalue weighted by Gasteiger charge is -2.18. The number of ketones is 1. The minimum absolute atomic E-state index is 0.0892. The lowest BCUT2D eigenvalue weighted by molar-refractivity contribution is -0.0258. The van der Waals surface area contributed by atoms with Gasteiger partial charge in [-0.15, -0.1) is 0 Å². The first-order chi connectivity index (χ1) is 9.27. The Morgan fingerprint density at radius 2 is 2.10 bits per heavy atom. The molecule has 1 rings (SSSR count). The number of Topliss-reactive ketones (excluding diaryl/α,β-unsaturated/α-hetero) is 1. The van der Waals surface area contributed by atoms with Crippen molar-refractivity contribution in [1.82, 2.24) is 0 Å². The highest BCUT2D eigenvalue weighted by Gasteiger charge is 2.35. The molecular formula is C14H14BrF3O2. The van der Waals surface area contributed by atoms with Gasteiger partial charge in [0.05, 0.1) is 6.61 Å². The van der Waals surface area contributed by atoms with E-state index >= 15 is 0 Å². The fraction of sp³-hybridized carbons (Fsp3) is 0.357. The van der Waals surface area contributed by atoms with Crippen LogP contribution in [-0.2, 0) is 4.74 Å². The van der Waals surface area contributed by atoms with Crippen LogP contribution < -0.4 is 0 Å². The van der Waals surface area contributed by atoms with Gasteiger partial charge in [0, 0.05) is 22.9 Å². The van der Waals surface area contributed by atoms with Crippen molar-refractivity contribution in [3.05, 3.63) is 46.4 Å². The van der Waals surface area contributed by atoms with Crippen LogP contribution >= 0.6 is 15.9 Å². The number of alkyl halides is 2. The number of ether oxygens (including phenoxy) is 1. The molecule has 6 heteroatoms. The van der Waals surface area contributed by atoms with Crippen molar-refractivity contribution in [1.29, 1.82) is 0 Å². The smallest absolute Gasteiger partial charge is 0.303 e. The number of carbonyl (C=O) groups excluding carboxylic acids is 1. The molecule has 0 unspecified atom stereocenters. The SMILES string of the molecule is C=C(OCC)C(F)(F)CCC(=O)c1ccc(F)cc1Br. The first kappa shape index (κ1) is 16.8. The summed E-state index contributed by atoms with van der Waals surface area (Å²) >= 11 is 3.03. The van der Waals surface area contributed by atoms with Crippen molar-refractivity contribution < 1.29 is 22.7 Å². The minimum Gasteiger partial charge on any atom is -0.492 e. The fourth-order valence-corrected chi connectivity index (χ4v) is 2.11. The molecule has 0 N–H and O–H groups in total. The van der Waals surface area contributed by atoms with E-state index in [2.05, 4.69) is 27.2 Å². The van der Waals surface area contributed by atoms with Gasteiger partial charge in [-0.25, -0.2) is 4.39 Å². The number of allylic oxidation sites excluding steroid dienone is 1. The third kappa shape index (κ3) is 4.37. The lowest BCUT2D eigenvalue weighted by atomic mass is 10.0. The Morgan fingerprint density at radius 1 is 1.45 bits per heavy atom. The van der Waals surface area contributed by atoms with E-state index in [4.69, 9.17) is 0 Å². The molecule has 0 spiro atoms. The maximum Gasteiger partial charge on any atom is 0.303 e. The van der Waals surface area contributed by atoms with Crippen LogP contribution in [0.15, 0.2) is 35.0 Å². The molecule has 110 valence electrons. The summed E-state index contributed by atoms with van der Waals surface area (Å²) in [6.45, 7) is 4.81. The molecule has 0 heterocycles. The van der Waals surface area contributed by atoms with Gasteiger partial charge in [-0.1, -0.05) is 6.58 Å². The molecular weight excluding hydrogens is 337 g/mol. The summed E-state index contributed by atoms with van der Waals surface area (Å²) in [7, 11) is 0. The Labute approximate surface area is 123 Å². The van der Waals surface area contributed by atoms with E-state index in [1.807, 2.05) is 0 Å². The second-order valence-corrected chi connectivity index (χ2v) is 4.96. The maximum atomic E-state index is 13.6. The molecule has 0 bridgehead atoms. The van der Waals surface area contributed by atoms with E-state index in [0.29, 0.717) is 0 Å². The van der Waals surface area contributed by atoms with Crippen molar-refractivity contribution in [2.75, 3.05) is 6.61 Å². The van der Waals surface area contributed by atoms with Gasteiger partial charge in [0.1, 0.15) is 5.82 Å². The van der Waals surface area contributed by atoms with Gasteiger partial charge in [0.15, 0.2) is 11.5 Å². The number of carbonyl (C=O) groups is 1. The molecule has 0 aromatic heterocycles. The van der Waals surface area contributed by atoms with Crippen LogP contribution in [0.4, 0.5) is 13.2 Å². The van der Waals surface area contributed by atoms with Crippen molar-refractivity contribution in [2.45, 2.75) is 25.7 Å². The first-order valence-corrected chi connectivity index (χ1v) is 6.75. The molecule has 0 fully saturated rings. The van der Waals surface area contributed by atoms with Gasteiger partial charge in [0.25, 0.3) is 0 Å². The van der Waals surface area contributed by atoms with Gasteiger partial charge in [0.2, 0.25) is 0 Å². The summed E-state index contributed by atoms with van der Waals surface area (Å²) in [6, 6.07) is 3.48. The molecule has 0 radical (unpaired) electrons. The van der Waals surface area contributed by atoms with Crippen LogP contribution in [0.5, 0.6) is 0 Å². The quantitative estimate of drug-likeness (QED) is 0.524. The number of rotatable bonds is 7. The molecule has 0 saturated carbocycles. The van der Waals surface area contributed by atoms with Crippen molar-refractivity contribution in [2.24, 2.45) is 0 Å². The van der Waals surface area contributed by atoms with Gasteiger partial charge in [-0.2, -0.15) is 8.78 Å². The highest BCUT2D eigenvalue weighted by Crippen LogP contribution is 2.30. The van der Waals surface area contributed by atoms with Gasteiger partial charge in [-0.05, 0) is 41.1 Å². The van der Waals surface area contributed by atoms with Crippen molar-refractivity contribution in [3.63, 3.8) is 0 Å². The minimum atomic E-state index is -3.27. The molecule has 1 aromatic carbocycles. The molecule has 0 atom stereocenters. The second-order valence-electron chi connectivity index (χ2n) is 4.11. The Morgan fingerprint density at radius 3 is 2.65 bits per heavy atom. The molecule has 0 saturated heterocycles. The van der Waals surface area contributed by atoms with Crippen molar-refractivity contribution in [3.8, 4) is 0 Å². The second kappa shape index (κ2) is 6.92. The van der Waals surface area contributed by atoms with Gasteiger partial charge >= 0.3 is 5.92 Å². The Bertz CT molecular complexity index is 515. The van der Waals surface area contributed by atoms with Crippen molar-refractivity contribution >= 4 is 21.7 Å². The van der Waals surface area contributed by atoms with Crippen LogP contribution in [0, 0.1) is 5.82 Å². The van der Waals surface area contributed by atoms with E-state index in [1.54, 1.807) is 6.92 Å². The van der Waals surface area contributed by atoms with Gasteiger partial charge < -0.3 is 4.74 Å². The molecule has 1 aromatic rings. The largest absolute Gasteiger partial charge is 0.492 e. The Hall–Kier alpha value is -1.30. The molecule has 0 amide bonds. The van der Waals surface area contributed by atoms with E-state index in [9.17, 15) is 18.0 Å². The van der Waals surface area contributed by atoms with E-state index in [1.165, 1.54) is 6.07 Å². The highest BCUT2D eigenvalue weighted by molar-refractivity contribution is 9.10. The van der Waals surface area contributed by atoms with E-state index in [0.717, 1.165) is 12.1 Å². The van der Waals surface area contributed by atoms with Crippen LogP contribution in [0.3, 0.4) is 0 Å². The summed E-state index contributed by atoms with van der Waals surface area (Å²) in [5, 5.41) is 0. The predicted octanol–water partition coefficient (Wildman–Crippen LogP) is 4.74. The van der Waals surface area contributed by atoms with Crippen LogP contribution in [0.25, 0.3) is 0 Å². The molecule has 0 aliphatic rings. The third-order valence-electron chi connectivity index (χ3n) is 2.62. The summed E-state index contributed by atoms with van der Waals surface area (Å²) < 4.78 is 45.0. The zero-order valence-electron chi connectivity index (χ0n) is 10.9. The molecule has 0 aliphatic heterocycles. The van der Waals surface area contributed by atoms with Gasteiger partial charge in [-0.3, -0.25) is 4.79 Å². The van der Waals surface area contributed by atoms with Crippen LogP contribution in [-0.4, -0.2) is 18.3 Å². The van der Waals surface area contributed by atoms with Crippen LogP contribution in [0.1, 0.15) is 30.1 Å². The number of halogens is 4. The third-order valence-corrected chi connectivity index (χ3v) is 3.28. The van der Waals surface area contributed by atoms with E-state index in [-0.39, 0.29) is 23.1 Å². The first-order valence-electron chi connectivity index (χ1n) is 5.96. The maximum absolute atomic E-state index is 13.6. The number of benzene rings is 1. The summed E-state index contributed by atoms with van der Waals surface area (Å²) in [4.78, 5) is 11.8. The number of hydrogen-bond donors (Lipinski definition) is 0. The molecule has 20 heavy (non-hydrogen) atoms. The Kier molecular flexibility index (Phi) is 5.80. The average molecular weight is 351 g/mol. The molecule has 0 aliphatic carbocycles. The fourth-order valence-electron chi connectivity index (χ4n) is 1.54. The summed E-state index contributed by atoms with van der Waals surface area (Å²) in [5.74, 6) is -4.92.